The zero-order chi connectivity index (χ0) is 14.5. The Morgan fingerprint density at radius 1 is 1.32 bits per heavy atom. The van der Waals surface area contributed by atoms with Crippen molar-refractivity contribution >= 4 is 17.8 Å². The van der Waals surface area contributed by atoms with Crippen LogP contribution in [0.25, 0.3) is 0 Å². The number of hydrogen-bond acceptors (Lipinski definition) is 7. The number of anilines is 2. The van der Waals surface area contributed by atoms with Gasteiger partial charge in [-0.2, -0.15) is 15.0 Å². The highest BCUT2D eigenvalue weighted by Crippen LogP contribution is 2.08. The zero-order valence-corrected chi connectivity index (χ0v) is 11.6. The number of amides is 1. The molecule has 0 radical (unpaired) electrons. The molecule has 4 N–H and O–H groups in total. The molecule has 106 valence electrons. The molecule has 0 aliphatic carbocycles. The van der Waals surface area contributed by atoms with Gasteiger partial charge in [0.2, 0.25) is 17.8 Å². The van der Waals surface area contributed by atoms with Gasteiger partial charge in [0.1, 0.15) is 0 Å². The average molecular weight is 268 g/mol. The number of carbonyl (C=O) groups is 1. The molecule has 0 fully saturated rings. The first-order chi connectivity index (χ1) is 8.80. The first-order valence-electron chi connectivity index (χ1n) is 5.90. The Kier molecular flexibility index (Phi) is 4.85. The van der Waals surface area contributed by atoms with Crippen molar-refractivity contribution < 1.29 is 9.53 Å². The minimum Gasteiger partial charge on any atom is -0.467 e. The third-order valence-corrected chi connectivity index (χ3v) is 1.96. The molecule has 19 heavy (non-hydrogen) atoms. The highest BCUT2D eigenvalue weighted by molar-refractivity contribution is 5.77. The van der Waals surface area contributed by atoms with E-state index in [9.17, 15) is 4.79 Å². The lowest BCUT2D eigenvalue weighted by Gasteiger charge is -2.20. The lowest BCUT2D eigenvalue weighted by molar-refractivity contribution is -0.122. The standard InChI is InChI=1S/C11H20N6O2/c1-11(2,3)17-7(18)5-6-13-9-14-8(12)15-10(16-9)19-4/h5-6H2,1-4H3,(H,17,18)(H3,12,13,14,15,16). The number of nitrogens with one attached hydrogen (secondary N) is 2. The third kappa shape index (κ3) is 5.84. The van der Waals surface area contributed by atoms with E-state index in [1.807, 2.05) is 20.8 Å². The number of hydrogen-bond donors (Lipinski definition) is 3. The van der Waals surface area contributed by atoms with Gasteiger partial charge in [0, 0.05) is 18.5 Å². The van der Waals surface area contributed by atoms with Crippen molar-refractivity contribution in [2.45, 2.75) is 32.7 Å². The van der Waals surface area contributed by atoms with Crippen LogP contribution < -0.4 is 21.1 Å². The number of nitrogens with two attached hydrogens (primary N) is 1. The summed E-state index contributed by atoms with van der Waals surface area (Å²) in [4.78, 5) is 23.2. The van der Waals surface area contributed by atoms with E-state index in [0.717, 1.165) is 0 Å². The Morgan fingerprint density at radius 3 is 2.58 bits per heavy atom. The molecule has 8 heteroatoms. The largest absolute Gasteiger partial charge is 0.467 e. The maximum absolute atomic E-state index is 11.6. The van der Waals surface area contributed by atoms with Crippen molar-refractivity contribution in [1.29, 1.82) is 0 Å². The summed E-state index contributed by atoms with van der Waals surface area (Å²) in [5.41, 5.74) is 5.25. The molecule has 0 bridgehead atoms. The molecule has 0 aliphatic heterocycles. The van der Waals surface area contributed by atoms with Crippen LogP contribution in [0, 0.1) is 0 Å². The van der Waals surface area contributed by atoms with E-state index in [2.05, 4.69) is 25.6 Å². The Labute approximate surface area is 112 Å². The Balaban J connectivity index is 2.45. The van der Waals surface area contributed by atoms with Crippen LogP contribution in [0.2, 0.25) is 0 Å². The molecule has 0 aromatic carbocycles. The number of methoxy groups -OCH3 is 1. The maximum atomic E-state index is 11.6. The minimum absolute atomic E-state index is 0.0472. The topological polar surface area (TPSA) is 115 Å². The molecule has 0 aliphatic rings. The zero-order valence-electron chi connectivity index (χ0n) is 11.6. The fourth-order valence-corrected chi connectivity index (χ4v) is 1.31. The van der Waals surface area contributed by atoms with Gasteiger partial charge in [0.15, 0.2) is 0 Å². The van der Waals surface area contributed by atoms with E-state index in [4.69, 9.17) is 10.5 Å². The van der Waals surface area contributed by atoms with E-state index in [0.29, 0.717) is 13.0 Å². The van der Waals surface area contributed by atoms with E-state index in [-0.39, 0.29) is 29.4 Å². The summed E-state index contributed by atoms with van der Waals surface area (Å²) in [5.74, 6) is 0.301. The second-order valence-corrected chi connectivity index (χ2v) is 4.98. The summed E-state index contributed by atoms with van der Waals surface area (Å²) in [6, 6.07) is 0.133. The lowest BCUT2D eigenvalue weighted by atomic mass is 10.1. The molecule has 1 heterocycles. The predicted octanol–water partition coefficient (Wildman–Crippen LogP) is 0.179. The van der Waals surface area contributed by atoms with Gasteiger partial charge in [0.25, 0.3) is 0 Å². The normalized spacial score (nSPS) is 10.9. The van der Waals surface area contributed by atoms with Crippen LogP contribution in [-0.4, -0.2) is 40.1 Å². The van der Waals surface area contributed by atoms with Gasteiger partial charge >= 0.3 is 6.01 Å². The Bertz CT molecular complexity index is 443. The SMILES string of the molecule is COc1nc(N)nc(NCCC(=O)NC(C)(C)C)n1. The Hall–Kier alpha value is -2.12. The van der Waals surface area contributed by atoms with Gasteiger partial charge in [-0.15, -0.1) is 0 Å². The monoisotopic (exact) mass is 268 g/mol. The molecule has 1 aromatic heterocycles. The molecule has 1 amide bonds. The van der Waals surface area contributed by atoms with Gasteiger partial charge in [-0.05, 0) is 20.8 Å². The van der Waals surface area contributed by atoms with Gasteiger partial charge in [0.05, 0.1) is 7.11 Å². The number of aromatic nitrogens is 3. The van der Waals surface area contributed by atoms with Crippen LogP contribution in [0.4, 0.5) is 11.9 Å². The van der Waals surface area contributed by atoms with E-state index in [1.54, 1.807) is 0 Å². The first kappa shape index (κ1) is 14.9. The van der Waals surface area contributed by atoms with Crippen LogP contribution >= 0.6 is 0 Å². The summed E-state index contributed by atoms with van der Waals surface area (Å²) in [7, 11) is 1.44. The van der Waals surface area contributed by atoms with Crippen molar-refractivity contribution in [3.8, 4) is 6.01 Å². The third-order valence-electron chi connectivity index (χ3n) is 1.96. The van der Waals surface area contributed by atoms with Crippen LogP contribution in [0.15, 0.2) is 0 Å². The van der Waals surface area contributed by atoms with Crippen LogP contribution in [0.5, 0.6) is 6.01 Å². The van der Waals surface area contributed by atoms with E-state index < -0.39 is 0 Å². The summed E-state index contributed by atoms with van der Waals surface area (Å²) in [6.45, 7) is 6.18. The molecule has 0 atom stereocenters. The fraction of sp³-hybridized carbons (Fsp3) is 0.636. The predicted molar refractivity (Wildman–Crippen MR) is 71.8 cm³/mol. The smallest absolute Gasteiger partial charge is 0.322 e. The summed E-state index contributed by atoms with van der Waals surface area (Å²) in [5, 5.41) is 5.75. The molecule has 0 saturated carbocycles. The highest BCUT2D eigenvalue weighted by Gasteiger charge is 2.13. The Morgan fingerprint density at radius 2 is 2.00 bits per heavy atom. The summed E-state index contributed by atoms with van der Waals surface area (Å²) in [6.07, 6.45) is 0.311. The minimum atomic E-state index is -0.238. The summed E-state index contributed by atoms with van der Waals surface area (Å²) >= 11 is 0. The van der Waals surface area contributed by atoms with E-state index >= 15 is 0 Å². The lowest BCUT2D eigenvalue weighted by Crippen LogP contribution is -2.41. The number of carbonyl (C=O) groups excluding carboxylic acids is 1. The van der Waals surface area contributed by atoms with Crippen LogP contribution in [-0.2, 0) is 4.79 Å². The number of rotatable bonds is 5. The van der Waals surface area contributed by atoms with Gasteiger partial charge in [-0.25, -0.2) is 0 Å². The van der Waals surface area contributed by atoms with Crippen molar-refractivity contribution in [3.05, 3.63) is 0 Å². The van der Waals surface area contributed by atoms with Crippen molar-refractivity contribution in [3.63, 3.8) is 0 Å². The van der Waals surface area contributed by atoms with E-state index in [1.165, 1.54) is 7.11 Å². The second kappa shape index (κ2) is 6.17. The van der Waals surface area contributed by atoms with Gasteiger partial charge < -0.3 is 21.1 Å². The molecule has 8 nitrogen and oxygen atoms in total. The molecule has 0 unspecified atom stereocenters. The molecular weight excluding hydrogens is 248 g/mol. The quantitative estimate of drug-likeness (QED) is 0.697. The van der Waals surface area contributed by atoms with Gasteiger partial charge in [-0.1, -0.05) is 0 Å². The first-order valence-corrected chi connectivity index (χ1v) is 5.90. The van der Waals surface area contributed by atoms with Gasteiger partial charge in [-0.3, -0.25) is 4.79 Å². The highest BCUT2D eigenvalue weighted by atomic mass is 16.5. The molecule has 0 saturated heterocycles. The number of nitrogens with zero attached hydrogens (tertiary/aromatic N) is 3. The molecule has 1 aromatic rings. The average Bonchev–Trinajstić information content (AvgIpc) is 2.25. The molecule has 1 rings (SSSR count). The fourth-order valence-electron chi connectivity index (χ4n) is 1.31. The molecule has 0 spiro atoms. The number of nitrogen functional groups attached to an aromatic ring is 1. The van der Waals surface area contributed by atoms with Crippen LogP contribution in [0.1, 0.15) is 27.2 Å². The van der Waals surface area contributed by atoms with Crippen molar-refractivity contribution in [1.82, 2.24) is 20.3 Å². The second-order valence-electron chi connectivity index (χ2n) is 4.98. The van der Waals surface area contributed by atoms with Crippen LogP contribution in [0.3, 0.4) is 0 Å². The van der Waals surface area contributed by atoms with Crippen molar-refractivity contribution in [2.75, 3.05) is 24.7 Å². The number of ether oxygens (including phenoxy) is 1. The molecular formula is C11H20N6O2. The maximum Gasteiger partial charge on any atom is 0.322 e. The van der Waals surface area contributed by atoms with Crippen molar-refractivity contribution in [2.24, 2.45) is 0 Å². The summed E-state index contributed by atoms with van der Waals surface area (Å²) < 4.78 is 4.87.